The minimum absolute atomic E-state index is 0.215. The van der Waals surface area contributed by atoms with Gasteiger partial charge in [0, 0.05) is 24.0 Å². The SMILES string of the molecule is CN1CCSCC1C(=O)C1CCCCC1. The highest BCUT2D eigenvalue weighted by atomic mass is 32.2. The first-order valence-electron chi connectivity index (χ1n) is 6.11. The van der Waals surface area contributed by atoms with E-state index in [0.29, 0.717) is 11.7 Å². The molecule has 3 heteroatoms. The van der Waals surface area contributed by atoms with Crippen molar-refractivity contribution in [2.75, 3.05) is 25.1 Å². The summed E-state index contributed by atoms with van der Waals surface area (Å²) in [6.45, 7) is 1.08. The first-order chi connectivity index (χ1) is 7.29. The largest absolute Gasteiger partial charge is 0.298 e. The summed E-state index contributed by atoms with van der Waals surface area (Å²) < 4.78 is 0. The predicted molar refractivity (Wildman–Crippen MR) is 65.3 cm³/mol. The lowest BCUT2D eigenvalue weighted by Crippen LogP contribution is -2.47. The summed E-state index contributed by atoms with van der Waals surface area (Å²) >= 11 is 1.94. The summed E-state index contributed by atoms with van der Waals surface area (Å²) in [5.74, 6) is 3.12. The van der Waals surface area contributed by atoms with Crippen LogP contribution in [0.2, 0.25) is 0 Å². The van der Waals surface area contributed by atoms with E-state index in [2.05, 4.69) is 11.9 Å². The van der Waals surface area contributed by atoms with Crippen LogP contribution in [0, 0.1) is 5.92 Å². The van der Waals surface area contributed by atoms with E-state index in [-0.39, 0.29) is 6.04 Å². The molecular formula is C12H21NOS. The molecule has 0 aromatic carbocycles. The average molecular weight is 227 g/mol. The lowest BCUT2D eigenvalue weighted by Gasteiger charge is -2.34. The van der Waals surface area contributed by atoms with Gasteiger partial charge in [0.25, 0.3) is 0 Å². The molecule has 0 aromatic rings. The maximum absolute atomic E-state index is 12.3. The van der Waals surface area contributed by atoms with E-state index < -0.39 is 0 Å². The number of likely N-dealkylation sites (N-methyl/N-ethyl adjacent to an activating group) is 1. The monoisotopic (exact) mass is 227 g/mol. The zero-order valence-electron chi connectivity index (χ0n) is 9.58. The Morgan fingerprint density at radius 3 is 2.67 bits per heavy atom. The Morgan fingerprint density at radius 1 is 1.27 bits per heavy atom. The Balaban J connectivity index is 1.92. The quantitative estimate of drug-likeness (QED) is 0.721. The molecule has 2 aliphatic rings. The molecule has 1 atom stereocenters. The third-order valence-corrected chi connectivity index (χ3v) is 4.75. The highest BCUT2D eigenvalue weighted by molar-refractivity contribution is 7.99. The second-order valence-corrected chi connectivity index (χ2v) is 5.96. The van der Waals surface area contributed by atoms with E-state index >= 15 is 0 Å². The van der Waals surface area contributed by atoms with Gasteiger partial charge in [0.15, 0.2) is 5.78 Å². The number of hydrogen-bond donors (Lipinski definition) is 0. The highest BCUT2D eigenvalue weighted by Gasteiger charge is 2.32. The molecule has 2 rings (SSSR count). The van der Waals surface area contributed by atoms with E-state index in [9.17, 15) is 4.79 Å². The van der Waals surface area contributed by atoms with Crippen molar-refractivity contribution < 1.29 is 4.79 Å². The van der Waals surface area contributed by atoms with Gasteiger partial charge >= 0.3 is 0 Å². The Labute approximate surface area is 96.8 Å². The van der Waals surface area contributed by atoms with Gasteiger partial charge in [-0.25, -0.2) is 0 Å². The van der Waals surface area contributed by atoms with Gasteiger partial charge in [0.05, 0.1) is 6.04 Å². The molecule has 0 radical (unpaired) electrons. The van der Waals surface area contributed by atoms with E-state index in [1.54, 1.807) is 0 Å². The van der Waals surface area contributed by atoms with E-state index in [0.717, 1.165) is 25.1 Å². The molecule has 2 fully saturated rings. The molecule has 1 aliphatic carbocycles. The summed E-state index contributed by atoms with van der Waals surface area (Å²) in [5, 5.41) is 0. The first-order valence-corrected chi connectivity index (χ1v) is 7.26. The summed E-state index contributed by atoms with van der Waals surface area (Å²) in [5.41, 5.74) is 0. The number of rotatable bonds is 2. The van der Waals surface area contributed by atoms with Gasteiger partial charge in [0.2, 0.25) is 0 Å². The lowest BCUT2D eigenvalue weighted by atomic mass is 9.84. The summed E-state index contributed by atoms with van der Waals surface area (Å²) in [4.78, 5) is 14.6. The van der Waals surface area contributed by atoms with Gasteiger partial charge in [-0.1, -0.05) is 19.3 Å². The van der Waals surface area contributed by atoms with E-state index in [1.807, 2.05) is 11.8 Å². The van der Waals surface area contributed by atoms with Crippen molar-refractivity contribution in [3.8, 4) is 0 Å². The number of hydrogen-bond acceptors (Lipinski definition) is 3. The van der Waals surface area contributed by atoms with E-state index in [1.165, 1.54) is 25.0 Å². The highest BCUT2D eigenvalue weighted by Crippen LogP contribution is 2.28. The number of Topliss-reactive ketones (excluding diaryl/α,β-unsaturated/α-hetero) is 1. The Kier molecular flexibility index (Phi) is 4.09. The second-order valence-electron chi connectivity index (χ2n) is 4.81. The predicted octanol–water partition coefficient (Wildman–Crippen LogP) is 2.18. The van der Waals surface area contributed by atoms with Crippen molar-refractivity contribution in [2.45, 2.75) is 38.1 Å². The fourth-order valence-corrected chi connectivity index (χ4v) is 3.87. The second kappa shape index (κ2) is 5.35. The van der Waals surface area contributed by atoms with Crippen LogP contribution in [-0.2, 0) is 4.79 Å². The topological polar surface area (TPSA) is 20.3 Å². The van der Waals surface area contributed by atoms with Gasteiger partial charge in [-0.15, -0.1) is 0 Å². The molecule has 0 amide bonds. The molecule has 1 saturated heterocycles. The molecule has 0 spiro atoms. The number of ketones is 1. The molecule has 1 unspecified atom stereocenters. The normalized spacial score (nSPS) is 30.3. The van der Waals surface area contributed by atoms with Crippen LogP contribution >= 0.6 is 11.8 Å². The van der Waals surface area contributed by atoms with Crippen molar-refractivity contribution in [1.29, 1.82) is 0 Å². The summed E-state index contributed by atoms with van der Waals surface area (Å²) in [6, 6.07) is 0.215. The molecule has 0 aromatic heterocycles. The van der Waals surface area contributed by atoms with Crippen LogP contribution in [-0.4, -0.2) is 41.8 Å². The van der Waals surface area contributed by atoms with Gasteiger partial charge in [-0.3, -0.25) is 9.69 Å². The van der Waals surface area contributed by atoms with Crippen molar-refractivity contribution in [2.24, 2.45) is 5.92 Å². The molecule has 1 saturated carbocycles. The fraction of sp³-hybridized carbons (Fsp3) is 0.917. The van der Waals surface area contributed by atoms with Crippen LogP contribution in [0.1, 0.15) is 32.1 Å². The van der Waals surface area contributed by atoms with Crippen LogP contribution < -0.4 is 0 Å². The molecular weight excluding hydrogens is 206 g/mol. The Hall–Kier alpha value is -0.0200. The van der Waals surface area contributed by atoms with Crippen LogP contribution in [0.4, 0.5) is 0 Å². The van der Waals surface area contributed by atoms with Gasteiger partial charge in [-0.05, 0) is 19.9 Å². The van der Waals surface area contributed by atoms with Crippen molar-refractivity contribution >= 4 is 17.5 Å². The minimum atomic E-state index is 0.215. The molecule has 1 aliphatic heterocycles. The third-order valence-electron chi connectivity index (χ3n) is 3.73. The zero-order valence-corrected chi connectivity index (χ0v) is 10.4. The standard InChI is InChI=1S/C12H21NOS/c1-13-7-8-15-9-11(13)12(14)10-5-3-2-4-6-10/h10-11H,2-9H2,1H3. The molecule has 0 bridgehead atoms. The van der Waals surface area contributed by atoms with E-state index in [4.69, 9.17) is 0 Å². The third kappa shape index (κ3) is 2.76. The molecule has 1 heterocycles. The van der Waals surface area contributed by atoms with Crippen LogP contribution in [0.3, 0.4) is 0 Å². The van der Waals surface area contributed by atoms with Crippen LogP contribution in [0.25, 0.3) is 0 Å². The first kappa shape index (κ1) is 11.5. The number of carbonyl (C=O) groups excluding carboxylic acids is 1. The molecule has 2 nitrogen and oxygen atoms in total. The molecule has 0 N–H and O–H groups in total. The van der Waals surface area contributed by atoms with Crippen LogP contribution in [0.15, 0.2) is 0 Å². The lowest BCUT2D eigenvalue weighted by molar-refractivity contribution is -0.128. The van der Waals surface area contributed by atoms with Gasteiger partial charge < -0.3 is 0 Å². The average Bonchev–Trinajstić information content (AvgIpc) is 2.30. The number of nitrogens with zero attached hydrogens (tertiary/aromatic N) is 1. The number of thioether (sulfide) groups is 1. The number of carbonyl (C=O) groups is 1. The molecule has 15 heavy (non-hydrogen) atoms. The smallest absolute Gasteiger partial charge is 0.153 e. The van der Waals surface area contributed by atoms with Gasteiger partial charge in [0.1, 0.15) is 0 Å². The fourth-order valence-electron chi connectivity index (χ4n) is 2.65. The van der Waals surface area contributed by atoms with Crippen molar-refractivity contribution in [3.63, 3.8) is 0 Å². The summed E-state index contributed by atoms with van der Waals surface area (Å²) in [6.07, 6.45) is 6.15. The minimum Gasteiger partial charge on any atom is -0.298 e. The maximum atomic E-state index is 12.3. The van der Waals surface area contributed by atoms with Crippen molar-refractivity contribution in [1.82, 2.24) is 4.90 Å². The Morgan fingerprint density at radius 2 is 2.00 bits per heavy atom. The Bertz CT molecular complexity index is 226. The molecule has 86 valence electrons. The van der Waals surface area contributed by atoms with Gasteiger partial charge in [-0.2, -0.15) is 11.8 Å². The van der Waals surface area contributed by atoms with Crippen LogP contribution in [0.5, 0.6) is 0 Å². The van der Waals surface area contributed by atoms with Crippen molar-refractivity contribution in [3.05, 3.63) is 0 Å². The zero-order chi connectivity index (χ0) is 10.7. The maximum Gasteiger partial charge on any atom is 0.153 e. The summed E-state index contributed by atoms with van der Waals surface area (Å²) in [7, 11) is 2.10.